The second kappa shape index (κ2) is 8.77. The number of pyridine rings is 1. The third-order valence-corrected chi connectivity index (χ3v) is 4.49. The fourth-order valence-electron chi connectivity index (χ4n) is 2.54. The molecule has 0 radical (unpaired) electrons. The normalized spacial score (nSPS) is 16.4. The zero-order valence-corrected chi connectivity index (χ0v) is 14.6. The number of nitrogens with one attached hydrogen (secondary N) is 2. The number of aromatic nitrogens is 1. The Labute approximate surface area is 153 Å². The van der Waals surface area contributed by atoms with Gasteiger partial charge in [0.05, 0.1) is 23.7 Å². The van der Waals surface area contributed by atoms with Crippen molar-refractivity contribution in [3.8, 4) is 0 Å². The molecule has 1 aromatic rings. The molecule has 2 N–H and O–H groups in total. The quantitative estimate of drug-likeness (QED) is 0.544. The van der Waals surface area contributed by atoms with E-state index in [2.05, 4.69) is 15.6 Å². The van der Waals surface area contributed by atoms with E-state index in [0.717, 1.165) is 0 Å². The largest absolute Gasteiger partial charge is 0.348 e. The fraction of sp³-hybridized carbons (Fsp3) is 0.400. The van der Waals surface area contributed by atoms with Crippen LogP contribution in [0.2, 0.25) is 10.2 Å². The maximum absolute atomic E-state index is 12.3. The first-order chi connectivity index (χ1) is 12.0. The van der Waals surface area contributed by atoms with Crippen LogP contribution in [0, 0.1) is 0 Å². The van der Waals surface area contributed by atoms with Crippen molar-refractivity contribution in [1.82, 2.24) is 20.5 Å². The number of likely N-dealkylation sites (tertiary alicyclic amines) is 1. The van der Waals surface area contributed by atoms with Crippen LogP contribution in [-0.4, -0.2) is 59.6 Å². The molecule has 1 fully saturated rings. The molecule has 8 nitrogen and oxygen atoms in total. The van der Waals surface area contributed by atoms with Crippen molar-refractivity contribution >= 4 is 47.2 Å². The lowest BCUT2D eigenvalue weighted by Crippen LogP contribution is -2.49. The zero-order chi connectivity index (χ0) is 18.4. The van der Waals surface area contributed by atoms with Crippen LogP contribution in [0.1, 0.15) is 23.2 Å². The lowest BCUT2D eigenvalue weighted by Gasteiger charge is -2.23. The predicted octanol–water partition coefficient (Wildman–Crippen LogP) is 0.424. The second-order valence-corrected chi connectivity index (χ2v) is 6.04. The van der Waals surface area contributed by atoms with Gasteiger partial charge in [-0.3, -0.25) is 14.4 Å². The van der Waals surface area contributed by atoms with E-state index in [0.29, 0.717) is 25.7 Å². The van der Waals surface area contributed by atoms with E-state index in [1.165, 1.54) is 17.2 Å². The summed E-state index contributed by atoms with van der Waals surface area (Å²) in [5.41, 5.74) is 0.108. The van der Waals surface area contributed by atoms with Gasteiger partial charge in [0.25, 0.3) is 5.91 Å². The molecule has 3 amide bonds. The lowest BCUT2D eigenvalue weighted by atomic mass is 10.2. The number of carbonyl (C=O) groups is 4. The first-order valence-corrected chi connectivity index (χ1v) is 8.30. The molecule has 1 aromatic heterocycles. The van der Waals surface area contributed by atoms with Crippen LogP contribution in [0.3, 0.4) is 0 Å². The molecule has 0 spiro atoms. The minimum Gasteiger partial charge on any atom is -0.348 e. The average Bonchev–Trinajstić information content (AvgIpc) is 3.09. The Bertz CT molecular complexity index is 698. The maximum Gasteiger partial charge on any atom is 0.253 e. The Hall–Kier alpha value is -2.19. The molecule has 2 rings (SSSR count). The number of halogens is 2. The van der Waals surface area contributed by atoms with Crippen LogP contribution >= 0.6 is 23.2 Å². The van der Waals surface area contributed by atoms with Gasteiger partial charge in [-0.25, -0.2) is 4.98 Å². The van der Waals surface area contributed by atoms with Crippen LogP contribution in [0.25, 0.3) is 0 Å². The number of hydrogen-bond donors (Lipinski definition) is 2. The lowest BCUT2D eigenvalue weighted by molar-refractivity contribution is -0.137. The molecular weight excluding hydrogens is 371 g/mol. The predicted molar refractivity (Wildman–Crippen MR) is 90.4 cm³/mol. The van der Waals surface area contributed by atoms with Crippen molar-refractivity contribution < 1.29 is 19.2 Å². The zero-order valence-electron chi connectivity index (χ0n) is 13.1. The molecule has 0 saturated carbocycles. The summed E-state index contributed by atoms with van der Waals surface area (Å²) in [7, 11) is 0. The molecule has 1 saturated heterocycles. The van der Waals surface area contributed by atoms with Gasteiger partial charge in [0.15, 0.2) is 0 Å². The number of hydrogen-bond acceptors (Lipinski definition) is 5. The van der Waals surface area contributed by atoms with Gasteiger partial charge in [-0.15, -0.1) is 0 Å². The van der Waals surface area contributed by atoms with Gasteiger partial charge in [-0.2, -0.15) is 0 Å². The van der Waals surface area contributed by atoms with E-state index < -0.39 is 17.9 Å². The minimum absolute atomic E-state index is 0.00130. The average molecular weight is 387 g/mol. The summed E-state index contributed by atoms with van der Waals surface area (Å²) in [6, 6.07) is 0.753. The molecule has 1 atom stereocenters. The van der Waals surface area contributed by atoms with Crippen LogP contribution in [-0.2, 0) is 14.4 Å². The molecule has 134 valence electrons. The van der Waals surface area contributed by atoms with E-state index in [-0.39, 0.29) is 34.7 Å². The number of carbonyl (C=O) groups excluding carboxylic acids is 4. The smallest absolute Gasteiger partial charge is 0.253 e. The Morgan fingerprint density at radius 3 is 2.80 bits per heavy atom. The van der Waals surface area contributed by atoms with Gasteiger partial charge in [0.1, 0.15) is 17.5 Å². The van der Waals surface area contributed by atoms with Gasteiger partial charge in [0, 0.05) is 12.7 Å². The number of rotatable bonds is 6. The topological polar surface area (TPSA) is 108 Å². The second-order valence-electron chi connectivity index (χ2n) is 5.30. The van der Waals surface area contributed by atoms with Crippen molar-refractivity contribution in [3.63, 3.8) is 0 Å². The van der Waals surface area contributed by atoms with E-state index in [4.69, 9.17) is 23.2 Å². The standard InChI is InChI=1S/C15H16Cl2N4O4/c16-12-9(3-4-18-13(12)17)14(24)20-8-11(23)21-6-1-2-10(21)15(25)19-5-7-22/h3-4,7,10H,1-2,5-6,8H2,(H,19,25)(H,20,24)/t10-/m0/s1. The summed E-state index contributed by atoms with van der Waals surface area (Å²) in [5.74, 6) is -1.34. The molecule has 25 heavy (non-hydrogen) atoms. The Morgan fingerprint density at radius 2 is 2.08 bits per heavy atom. The summed E-state index contributed by atoms with van der Waals surface area (Å²) in [4.78, 5) is 51.9. The highest BCUT2D eigenvalue weighted by Gasteiger charge is 2.33. The van der Waals surface area contributed by atoms with E-state index in [1.807, 2.05) is 0 Å². The van der Waals surface area contributed by atoms with Gasteiger partial charge in [-0.05, 0) is 18.9 Å². The van der Waals surface area contributed by atoms with E-state index in [9.17, 15) is 19.2 Å². The fourth-order valence-corrected chi connectivity index (χ4v) is 2.90. The Balaban J connectivity index is 1.95. The first kappa shape index (κ1) is 19.1. The molecule has 10 heteroatoms. The summed E-state index contributed by atoms with van der Waals surface area (Å²) in [6.45, 7) is 0.0255. The molecule has 1 aliphatic rings. The van der Waals surface area contributed by atoms with Crippen molar-refractivity contribution in [2.24, 2.45) is 0 Å². The van der Waals surface area contributed by atoms with Crippen LogP contribution in [0.15, 0.2) is 12.3 Å². The summed E-state index contributed by atoms with van der Waals surface area (Å²) in [6.07, 6.45) is 3.09. The van der Waals surface area contributed by atoms with Crippen molar-refractivity contribution in [2.75, 3.05) is 19.6 Å². The number of amides is 3. The number of aldehydes is 1. The van der Waals surface area contributed by atoms with Gasteiger partial charge >= 0.3 is 0 Å². The molecular formula is C15H16Cl2N4O4. The highest BCUT2D eigenvalue weighted by Crippen LogP contribution is 2.23. The Morgan fingerprint density at radius 1 is 1.32 bits per heavy atom. The van der Waals surface area contributed by atoms with Crippen LogP contribution in [0.5, 0.6) is 0 Å². The van der Waals surface area contributed by atoms with Crippen molar-refractivity contribution in [3.05, 3.63) is 28.0 Å². The summed E-state index contributed by atoms with van der Waals surface area (Å²) >= 11 is 11.7. The maximum atomic E-state index is 12.3. The monoisotopic (exact) mass is 386 g/mol. The highest BCUT2D eigenvalue weighted by molar-refractivity contribution is 6.43. The third-order valence-electron chi connectivity index (χ3n) is 3.73. The molecule has 0 aromatic carbocycles. The molecule has 0 aliphatic carbocycles. The van der Waals surface area contributed by atoms with Gasteiger partial charge < -0.3 is 20.3 Å². The van der Waals surface area contributed by atoms with Crippen molar-refractivity contribution in [1.29, 1.82) is 0 Å². The highest BCUT2D eigenvalue weighted by atomic mass is 35.5. The van der Waals surface area contributed by atoms with E-state index in [1.54, 1.807) is 0 Å². The van der Waals surface area contributed by atoms with Crippen LogP contribution in [0.4, 0.5) is 0 Å². The Kier molecular flexibility index (Phi) is 6.72. The SMILES string of the molecule is O=CCNC(=O)[C@@H]1CCCN1C(=O)CNC(=O)c1ccnc(Cl)c1Cl. The molecule has 1 aliphatic heterocycles. The summed E-state index contributed by atoms with van der Waals surface area (Å²) < 4.78 is 0. The summed E-state index contributed by atoms with van der Waals surface area (Å²) in [5, 5.41) is 4.89. The third kappa shape index (κ3) is 4.67. The molecule has 0 bridgehead atoms. The van der Waals surface area contributed by atoms with Gasteiger partial charge in [-0.1, -0.05) is 23.2 Å². The van der Waals surface area contributed by atoms with E-state index >= 15 is 0 Å². The van der Waals surface area contributed by atoms with Crippen LogP contribution < -0.4 is 10.6 Å². The minimum atomic E-state index is -0.636. The van der Waals surface area contributed by atoms with Crippen molar-refractivity contribution in [2.45, 2.75) is 18.9 Å². The molecule has 0 unspecified atom stereocenters. The van der Waals surface area contributed by atoms with Gasteiger partial charge in [0.2, 0.25) is 11.8 Å². The molecule has 2 heterocycles. The number of nitrogens with zero attached hydrogens (tertiary/aromatic N) is 2. The first-order valence-electron chi connectivity index (χ1n) is 7.54.